The van der Waals surface area contributed by atoms with Gasteiger partial charge in [-0.1, -0.05) is 12.1 Å². The van der Waals surface area contributed by atoms with Crippen LogP contribution in [0, 0.1) is 0 Å². The molecule has 0 spiro atoms. The van der Waals surface area contributed by atoms with Gasteiger partial charge in [0, 0.05) is 30.8 Å². The molecule has 6 heteroatoms. The lowest BCUT2D eigenvalue weighted by Gasteiger charge is -2.16. The summed E-state index contributed by atoms with van der Waals surface area (Å²) in [6, 6.07) is 12.8. The molecule has 1 saturated heterocycles. The monoisotopic (exact) mass is 368 g/mol. The topological polar surface area (TPSA) is 67.9 Å². The molecule has 0 saturated carbocycles. The van der Waals surface area contributed by atoms with Crippen LogP contribution in [0.2, 0.25) is 0 Å². The maximum Gasteiger partial charge on any atom is 0.251 e. The molecule has 0 bridgehead atoms. The summed E-state index contributed by atoms with van der Waals surface area (Å²) in [5.41, 5.74) is 2.38. The average molecular weight is 368 g/mol. The number of nitrogens with zero attached hydrogens (tertiary/aromatic N) is 1. The van der Waals surface area contributed by atoms with Gasteiger partial charge in [-0.2, -0.15) is 0 Å². The second-order valence-electron chi connectivity index (χ2n) is 6.30. The lowest BCUT2D eigenvalue weighted by Crippen LogP contribution is -2.24. The minimum atomic E-state index is -0.185. The Bertz CT molecular complexity index is 817. The number of hydrogen-bond acceptors (Lipinski definition) is 4. The zero-order chi connectivity index (χ0) is 19.2. The highest BCUT2D eigenvalue weighted by atomic mass is 16.5. The predicted molar refractivity (Wildman–Crippen MR) is 103 cm³/mol. The van der Waals surface area contributed by atoms with E-state index in [4.69, 9.17) is 9.47 Å². The number of amides is 2. The Morgan fingerprint density at radius 3 is 2.56 bits per heavy atom. The average Bonchev–Trinajstić information content (AvgIpc) is 3.13. The molecular formula is C21H24N2O4. The number of nitrogens with one attached hydrogen (secondary N) is 1. The van der Waals surface area contributed by atoms with E-state index in [0.29, 0.717) is 36.6 Å². The summed E-state index contributed by atoms with van der Waals surface area (Å²) in [5, 5.41) is 2.90. The van der Waals surface area contributed by atoms with Gasteiger partial charge in [0.25, 0.3) is 5.91 Å². The van der Waals surface area contributed by atoms with Crippen LogP contribution < -0.4 is 19.7 Å². The number of ether oxygens (including phenoxy) is 2. The molecule has 2 aromatic carbocycles. The molecule has 142 valence electrons. The molecule has 1 aliphatic heterocycles. The summed E-state index contributed by atoms with van der Waals surface area (Å²) in [7, 11) is 1.55. The van der Waals surface area contributed by atoms with Crippen LogP contribution in [0.5, 0.6) is 11.5 Å². The molecule has 0 aromatic heterocycles. The summed E-state index contributed by atoms with van der Waals surface area (Å²) in [6.07, 6.45) is 1.52. The Labute approximate surface area is 159 Å². The molecule has 27 heavy (non-hydrogen) atoms. The first kappa shape index (κ1) is 18.8. The van der Waals surface area contributed by atoms with E-state index in [1.54, 1.807) is 30.2 Å². The Morgan fingerprint density at radius 2 is 1.93 bits per heavy atom. The van der Waals surface area contributed by atoms with E-state index in [-0.39, 0.29) is 11.8 Å². The van der Waals surface area contributed by atoms with Crippen molar-refractivity contribution in [2.75, 3.05) is 25.2 Å². The maximum atomic E-state index is 12.4. The Hall–Kier alpha value is -3.02. The maximum absolute atomic E-state index is 12.4. The first-order chi connectivity index (χ1) is 13.1. The summed E-state index contributed by atoms with van der Waals surface area (Å²) in [5.74, 6) is 1.13. The number of methoxy groups -OCH3 is 1. The van der Waals surface area contributed by atoms with Gasteiger partial charge in [0.1, 0.15) is 0 Å². The normalized spacial score (nSPS) is 13.6. The van der Waals surface area contributed by atoms with Crippen molar-refractivity contribution < 1.29 is 19.1 Å². The fourth-order valence-corrected chi connectivity index (χ4v) is 3.08. The lowest BCUT2D eigenvalue weighted by molar-refractivity contribution is -0.117. The van der Waals surface area contributed by atoms with Crippen LogP contribution in [0.3, 0.4) is 0 Å². The number of carbonyl (C=O) groups is 2. The fraction of sp³-hybridized carbons (Fsp3) is 0.333. The second kappa shape index (κ2) is 8.58. The first-order valence-corrected chi connectivity index (χ1v) is 9.10. The molecule has 6 nitrogen and oxygen atoms in total. The van der Waals surface area contributed by atoms with E-state index in [1.807, 2.05) is 31.2 Å². The van der Waals surface area contributed by atoms with Gasteiger partial charge < -0.3 is 19.7 Å². The Morgan fingerprint density at radius 1 is 1.15 bits per heavy atom. The summed E-state index contributed by atoms with van der Waals surface area (Å²) in [6.45, 7) is 3.60. The number of benzene rings is 2. The molecule has 0 unspecified atom stereocenters. The number of hydrogen-bond donors (Lipinski definition) is 1. The van der Waals surface area contributed by atoms with Crippen molar-refractivity contribution in [1.29, 1.82) is 0 Å². The molecule has 1 aliphatic rings. The predicted octanol–water partition coefficient (Wildman–Crippen LogP) is 3.15. The van der Waals surface area contributed by atoms with Gasteiger partial charge in [-0.3, -0.25) is 9.59 Å². The molecule has 3 rings (SSSR count). The van der Waals surface area contributed by atoms with Crippen LogP contribution in [-0.2, 0) is 11.3 Å². The van der Waals surface area contributed by atoms with Crippen LogP contribution in [0.25, 0.3) is 0 Å². The standard InChI is InChI=1S/C21H24N2O4/c1-3-27-18-11-8-16(13-19(18)26-2)21(25)22-14-15-6-9-17(10-7-15)23-12-4-5-20(23)24/h6-11,13H,3-5,12,14H2,1-2H3,(H,22,25). The molecular weight excluding hydrogens is 344 g/mol. The van der Waals surface area contributed by atoms with Crippen molar-refractivity contribution >= 4 is 17.5 Å². The molecule has 1 N–H and O–H groups in total. The van der Waals surface area contributed by atoms with Crippen LogP contribution in [0.1, 0.15) is 35.7 Å². The SMILES string of the molecule is CCOc1ccc(C(=O)NCc2ccc(N3CCCC3=O)cc2)cc1OC. The lowest BCUT2D eigenvalue weighted by atomic mass is 10.1. The third kappa shape index (κ3) is 4.39. The van der Waals surface area contributed by atoms with Gasteiger partial charge in [0.15, 0.2) is 11.5 Å². The quantitative estimate of drug-likeness (QED) is 0.815. The summed E-state index contributed by atoms with van der Waals surface area (Å²) >= 11 is 0. The largest absolute Gasteiger partial charge is 0.493 e. The van der Waals surface area contributed by atoms with Crippen LogP contribution >= 0.6 is 0 Å². The first-order valence-electron chi connectivity index (χ1n) is 9.10. The van der Waals surface area contributed by atoms with Gasteiger partial charge in [0.2, 0.25) is 5.91 Å². The second-order valence-corrected chi connectivity index (χ2v) is 6.30. The van der Waals surface area contributed by atoms with E-state index in [1.165, 1.54) is 0 Å². The van der Waals surface area contributed by atoms with Crippen LogP contribution in [0.15, 0.2) is 42.5 Å². The minimum Gasteiger partial charge on any atom is -0.493 e. The van der Waals surface area contributed by atoms with Gasteiger partial charge in [0.05, 0.1) is 13.7 Å². The molecule has 0 atom stereocenters. The molecule has 0 radical (unpaired) electrons. The van der Waals surface area contributed by atoms with E-state index >= 15 is 0 Å². The van der Waals surface area contributed by atoms with Gasteiger partial charge >= 0.3 is 0 Å². The highest BCUT2D eigenvalue weighted by Gasteiger charge is 2.21. The number of rotatable bonds is 7. The van der Waals surface area contributed by atoms with Crippen LogP contribution in [-0.4, -0.2) is 32.1 Å². The molecule has 1 heterocycles. The zero-order valence-corrected chi connectivity index (χ0v) is 15.7. The Balaban J connectivity index is 1.61. The van der Waals surface area contributed by atoms with Crippen molar-refractivity contribution in [2.45, 2.75) is 26.3 Å². The smallest absolute Gasteiger partial charge is 0.251 e. The highest BCUT2D eigenvalue weighted by molar-refractivity contribution is 5.95. The van der Waals surface area contributed by atoms with Crippen molar-refractivity contribution in [1.82, 2.24) is 5.32 Å². The van der Waals surface area contributed by atoms with Crippen molar-refractivity contribution in [2.24, 2.45) is 0 Å². The van der Waals surface area contributed by atoms with E-state index in [2.05, 4.69) is 5.32 Å². The third-order valence-corrected chi connectivity index (χ3v) is 4.50. The fourth-order valence-electron chi connectivity index (χ4n) is 3.08. The number of anilines is 1. The van der Waals surface area contributed by atoms with Crippen molar-refractivity contribution in [3.05, 3.63) is 53.6 Å². The van der Waals surface area contributed by atoms with Gasteiger partial charge in [-0.25, -0.2) is 0 Å². The highest BCUT2D eigenvalue weighted by Crippen LogP contribution is 2.28. The minimum absolute atomic E-state index is 0.167. The van der Waals surface area contributed by atoms with E-state index < -0.39 is 0 Å². The van der Waals surface area contributed by atoms with Crippen molar-refractivity contribution in [3.63, 3.8) is 0 Å². The summed E-state index contributed by atoms with van der Waals surface area (Å²) in [4.78, 5) is 26.0. The summed E-state index contributed by atoms with van der Waals surface area (Å²) < 4.78 is 10.8. The Kier molecular flexibility index (Phi) is 5.96. The zero-order valence-electron chi connectivity index (χ0n) is 15.7. The molecule has 2 amide bonds. The van der Waals surface area contributed by atoms with E-state index in [0.717, 1.165) is 24.2 Å². The third-order valence-electron chi connectivity index (χ3n) is 4.50. The van der Waals surface area contributed by atoms with E-state index in [9.17, 15) is 9.59 Å². The molecule has 2 aromatic rings. The van der Waals surface area contributed by atoms with Crippen molar-refractivity contribution in [3.8, 4) is 11.5 Å². The number of carbonyl (C=O) groups excluding carboxylic acids is 2. The van der Waals surface area contributed by atoms with Gasteiger partial charge in [-0.05, 0) is 49.2 Å². The molecule has 0 aliphatic carbocycles. The molecule has 1 fully saturated rings. The van der Waals surface area contributed by atoms with Gasteiger partial charge in [-0.15, -0.1) is 0 Å². The van der Waals surface area contributed by atoms with Crippen LogP contribution in [0.4, 0.5) is 5.69 Å².